The van der Waals surface area contributed by atoms with Gasteiger partial charge in [0.15, 0.2) is 17.3 Å². The Labute approximate surface area is 272 Å². The zero-order valence-corrected chi connectivity index (χ0v) is 26.4. The van der Waals surface area contributed by atoms with Gasteiger partial charge in [-0.25, -0.2) is 4.98 Å². The van der Waals surface area contributed by atoms with E-state index in [4.69, 9.17) is 28.7 Å². The number of aromatic nitrogens is 4. The summed E-state index contributed by atoms with van der Waals surface area (Å²) in [5.74, 6) is 1.29. The van der Waals surface area contributed by atoms with Crippen LogP contribution in [0, 0.1) is 0 Å². The smallest absolute Gasteiger partial charge is 0.263 e. The van der Waals surface area contributed by atoms with E-state index in [9.17, 15) is 4.79 Å². The van der Waals surface area contributed by atoms with Crippen LogP contribution in [0.1, 0.15) is 10.4 Å². The van der Waals surface area contributed by atoms with E-state index in [1.54, 1.807) is 34.2 Å². The van der Waals surface area contributed by atoms with Gasteiger partial charge in [-0.2, -0.15) is 0 Å². The number of benzene rings is 4. The Balaban J connectivity index is 1.22. The van der Waals surface area contributed by atoms with Crippen molar-refractivity contribution >= 4 is 49.3 Å². The zero-order valence-electron chi connectivity index (χ0n) is 25.6. The minimum atomic E-state index is -0.296. The van der Waals surface area contributed by atoms with Crippen LogP contribution in [0.25, 0.3) is 65.3 Å². The van der Waals surface area contributed by atoms with Crippen molar-refractivity contribution in [1.82, 2.24) is 19.7 Å². The number of carbonyl (C=O) groups is 1. The van der Waals surface area contributed by atoms with Crippen LogP contribution in [0.5, 0.6) is 17.2 Å². The molecular formula is C37H26N4O5S. The normalized spacial score (nSPS) is 11.4. The molecule has 0 unspecified atom stereocenters. The van der Waals surface area contributed by atoms with Crippen LogP contribution in [0.15, 0.2) is 108 Å². The SMILES string of the molecule is COc1cc(C(=O)n2c3ccccc3c3ccnc(-c4cc(-c5ccc(-c6nc7ccccc7s6)cc5)no4)c32)cc(OC)c1OC. The third-order valence-corrected chi connectivity index (χ3v) is 9.25. The minimum absolute atomic E-state index is 0.296. The van der Waals surface area contributed by atoms with Gasteiger partial charge in [-0.3, -0.25) is 14.3 Å². The van der Waals surface area contributed by atoms with Crippen molar-refractivity contribution in [2.45, 2.75) is 0 Å². The number of fused-ring (bicyclic) bond motifs is 4. The predicted molar refractivity (Wildman–Crippen MR) is 183 cm³/mol. The van der Waals surface area contributed by atoms with Crippen molar-refractivity contribution in [1.29, 1.82) is 0 Å². The number of carbonyl (C=O) groups excluding carboxylic acids is 1. The highest BCUT2D eigenvalue weighted by molar-refractivity contribution is 7.21. The summed E-state index contributed by atoms with van der Waals surface area (Å²) >= 11 is 1.66. The van der Waals surface area contributed by atoms with Gasteiger partial charge in [-0.05, 0) is 36.4 Å². The number of rotatable bonds is 7. The summed E-state index contributed by atoms with van der Waals surface area (Å²) < 4.78 is 25.3. The first-order valence-corrected chi connectivity index (χ1v) is 15.6. The fraction of sp³-hybridized carbons (Fsp3) is 0.0811. The molecule has 0 aliphatic rings. The number of methoxy groups -OCH3 is 3. The third-order valence-electron chi connectivity index (χ3n) is 8.16. The molecule has 0 saturated carbocycles. The van der Waals surface area contributed by atoms with Gasteiger partial charge in [0.05, 0.1) is 42.6 Å². The average molecular weight is 639 g/mol. The van der Waals surface area contributed by atoms with Gasteiger partial charge < -0.3 is 18.7 Å². The highest BCUT2D eigenvalue weighted by atomic mass is 32.1. The van der Waals surface area contributed by atoms with Crippen LogP contribution in [-0.4, -0.2) is 46.9 Å². The van der Waals surface area contributed by atoms with Crippen molar-refractivity contribution in [3.05, 3.63) is 109 Å². The summed E-state index contributed by atoms with van der Waals surface area (Å²) in [6, 6.07) is 31.0. The van der Waals surface area contributed by atoms with Crippen molar-refractivity contribution in [2.24, 2.45) is 0 Å². The quantitative estimate of drug-likeness (QED) is 0.171. The molecule has 4 aromatic heterocycles. The van der Waals surface area contributed by atoms with E-state index in [2.05, 4.69) is 11.2 Å². The largest absolute Gasteiger partial charge is 0.493 e. The molecule has 0 aliphatic heterocycles. The standard InChI is InChI=1S/C37H26N4O5S/c1-43-30-18-23(19-31(44-2)35(30)45-3)37(42)41-28-10-6-4-8-24(28)25-16-17-38-33(34(25)41)29-20-27(40-46-29)21-12-14-22(15-13-21)36-39-26-9-5-7-11-32(26)47-36/h4-20H,1-3H3. The maximum absolute atomic E-state index is 14.4. The molecule has 0 spiro atoms. The molecule has 4 aromatic carbocycles. The van der Waals surface area contributed by atoms with Crippen LogP contribution >= 0.6 is 11.3 Å². The number of hydrogen-bond donors (Lipinski definition) is 0. The second-order valence-corrected chi connectivity index (χ2v) is 11.8. The molecule has 47 heavy (non-hydrogen) atoms. The lowest BCUT2D eigenvalue weighted by Gasteiger charge is -2.14. The maximum atomic E-state index is 14.4. The van der Waals surface area contributed by atoms with E-state index in [-0.39, 0.29) is 5.91 Å². The number of ether oxygens (including phenoxy) is 3. The molecule has 0 saturated heterocycles. The van der Waals surface area contributed by atoms with Crippen LogP contribution in [0.2, 0.25) is 0 Å². The van der Waals surface area contributed by atoms with Crippen molar-refractivity contribution in [2.75, 3.05) is 21.3 Å². The van der Waals surface area contributed by atoms with Gasteiger partial charge in [-0.15, -0.1) is 11.3 Å². The number of para-hydroxylation sites is 2. The summed E-state index contributed by atoms with van der Waals surface area (Å²) in [4.78, 5) is 23.9. The molecule has 8 aromatic rings. The fourth-order valence-electron chi connectivity index (χ4n) is 5.94. The maximum Gasteiger partial charge on any atom is 0.263 e. The lowest BCUT2D eigenvalue weighted by Crippen LogP contribution is -2.13. The lowest BCUT2D eigenvalue weighted by atomic mass is 10.1. The molecule has 4 heterocycles. The molecule has 0 aliphatic carbocycles. The summed E-state index contributed by atoms with van der Waals surface area (Å²) in [6.07, 6.45) is 1.72. The van der Waals surface area contributed by atoms with Crippen molar-refractivity contribution in [3.8, 4) is 50.5 Å². The van der Waals surface area contributed by atoms with E-state index in [1.807, 2.05) is 78.9 Å². The highest BCUT2D eigenvalue weighted by Gasteiger charge is 2.25. The first kappa shape index (κ1) is 28.5. The number of hydrogen-bond acceptors (Lipinski definition) is 9. The molecule has 0 N–H and O–H groups in total. The fourth-order valence-corrected chi connectivity index (χ4v) is 6.91. The predicted octanol–water partition coefficient (Wildman–Crippen LogP) is 8.50. The Morgan fingerprint density at radius 3 is 2.26 bits per heavy atom. The van der Waals surface area contributed by atoms with E-state index >= 15 is 0 Å². The second kappa shape index (κ2) is 11.4. The first-order valence-electron chi connectivity index (χ1n) is 14.7. The Kier molecular flexibility index (Phi) is 6.92. The Bertz CT molecular complexity index is 2400. The van der Waals surface area contributed by atoms with Gasteiger partial charge in [0.1, 0.15) is 16.4 Å². The van der Waals surface area contributed by atoms with E-state index < -0.39 is 0 Å². The zero-order chi connectivity index (χ0) is 32.1. The summed E-state index contributed by atoms with van der Waals surface area (Å²) in [5.41, 5.74) is 5.70. The second-order valence-electron chi connectivity index (χ2n) is 10.8. The van der Waals surface area contributed by atoms with E-state index in [0.717, 1.165) is 42.6 Å². The first-order chi connectivity index (χ1) is 23.1. The van der Waals surface area contributed by atoms with Crippen LogP contribution in [-0.2, 0) is 0 Å². The van der Waals surface area contributed by atoms with Crippen molar-refractivity contribution < 1.29 is 23.5 Å². The average Bonchev–Trinajstić information content (AvgIpc) is 3.87. The summed E-state index contributed by atoms with van der Waals surface area (Å²) in [7, 11) is 4.56. The summed E-state index contributed by atoms with van der Waals surface area (Å²) in [6.45, 7) is 0. The Morgan fingerprint density at radius 2 is 1.51 bits per heavy atom. The third kappa shape index (κ3) is 4.69. The van der Waals surface area contributed by atoms with Gasteiger partial charge in [0.25, 0.3) is 5.91 Å². The van der Waals surface area contributed by atoms with Gasteiger partial charge in [0.2, 0.25) is 5.75 Å². The highest BCUT2D eigenvalue weighted by Crippen LogP contribution is 2.41. The molecule has 0 amide bonds. The topological polar surface area (TPSA) is 102 Å². The molecule has 0 radical (unpaired) electrons. The summed E-state index contributed by atoms with van der Waals surface area (Å²) in [5, 5.41) is 7.10. The van der Waals surface area contributed by atoms with E-state index in [0.29, 0.717) is 45.5 Å². The van der Waals surface area contributed by atoms with Gasteiger partial charge >= 0.3 is 0 Å². The number of nitrogens with zero attached hydrogens (tertiary/aromatic N) is 4. The molecule has 0 fully saturated rings. The molecule has 10 heteroatoms. The molecule has 230 valence electrons. The molecule has 8 rings (SSSR count). The van der Waals surface area contributed by atoms with Crippen molar-refractivity contribution in [3.63, 3.8) is 0 Å². The molecular weight excluding hydrogens is 612 g/mol. The van der Waals surface area contributed by atoms with Crippen LogP contribution in [0.3, 0.4) is 0 Å². The lowest BCUT2D eigenvalue weighted by molar-refractivity contribution is 0.0968. The van der Waals surface area contributed by atoms with Crippen LogP contribution < -0.4 is 14.2 Å². The molecule has 0 atom stereocenters. The Morgan fingerprint density at radius 1 is 0.787 bits per heavy atom. The van der Waals surface area contributed by atoms with Gasteiger partial charge in [-0.1, -0.05) is 59.8 Å². The number of thiazole rings is 1. The van der Waals surface area contributed by atoms with E-state index in [1.165, 1.54) is 21.3 Å². The minimum Gasteiger partial charge on any atom is -0.493 e. The monoisotopic (exact) mass is 638 g/mol. The molecule has 0 bridgehead atoms. The Hall–Kier alpha value is -6.00. The molecule has 9 nitrogen and oxygen atoms in total. The van der Waals surface area contributed by atoms with Gasteiger partial charge in [0, 0.05) is 39.7 Å². The van der Waals surface area contributed by atoms with Crippen LogP contribution in [0.4, 0.5) is 0 Å². The number of pyridine rings is 1.